The topological polar surface area (TPSA) is 99.4 Å². The Morgan fingerprint density at radius 3 is 2.71 bits per heavy atom. The Kier molecular flexibility index (Phi) is 8.55. The molecule has 3 heterocycles. The molecule has 0 spiro atoms. The molecule has 10 heteroatoms. The number of nitrogens with zero attached hydrogens (tertiary/aromatic N) is 6. The molecule has 3 aromatic rings. The predicted octanol–water partition coefficient (Wildman–Crippen LogP) is 4.05. The lowest BCUT2D eigenvalue weighted by Gasteiger charge is -2.30. The van der Waals surface area contributed by atoms with Gasteiger partial charge in [-0.1, -0.05) is 40.8 Å². The van der Waals surface area contributed by atoms with E-state index in [-0.39, 0.29) is 17.9 Å². The number of nitrogens with one attached hydrogen (secondary N) is 1. The summed E-state index contributed by atoms with van der Waals surface area (Å²) in [5.41, 5.74) is 6.56. The van der Waals surface area contributed by atoms with Crippen LogP contribution in [0.3, 0.4) is 0 Å². The number of hydrogen-bond donors (Lipinski definition) is 2. The van der Waals surface area contributed by atoms with Crippen LogP contribution in [-0.2, 0) is 11.3 Å². The summed E-state index contributed by atoms with van der Waals surface area (Å²) in [7, 11) is 0. The zero-order chi connectivity index (χ0) is 24.9. The number of likely N-dealkylation sites (tertiary alicyclic amines) is 1. The Hall–Kier alpha value is -2.31. The summed E-state index contributed by atoms with van der Waals surface area (Å²) in [5, 5.41) is 8.90. The van der Waals surface area contributed by atoms with Crippen LogP contribution in [0.5, 0.6) is 0 Å². The number of rotatable bonds is 9. The van der Waals surface area contributed by atoms with Crippen molar-refractivity contribution in [3.05, 3.63) is 36.2 Å². The molecule has 0 saturated carbocycles. The van der Waals surface area contributed by atoms with Crippen molar-refractivity contribution in [2.24, 2.45) is 5.92 Å². The summed E-state index contributed by atoms with van der Waals surface area (Å²) in [4.78, 5) is 30.9. The largest absolute Gasteiger partial charge is 0.340 e. The highest BCUT2D eigenvalue weighted by atomic mass is 127. The molecule has 1 aliphatic heterocycles. The second kappa shape index (κ2) is 11.6. The van der Waals surface area contributed by atoms with Crippen molar-refractivity contribution in [1.29, 1.82) is 0 Å². The van der Waals surface area contributed by atoms with Gasteiger partial charge in [0.05, 0.1) is 6.33 Å². The molecular weight excluding hydrogens is 557 g/mol. The van der Waals surface area contributed by atoms with Crippen LogP contribution in [0.2, 0.25) is 0 Å². The number of hydroxylamine groups is 1. The molecule has 9 nitrogen and oxygen atoms in total. The van der Waals surface area contributed by atoms with E-state index in [0.717, 1.165) is 78.4 Å². The van der Waals surface area contributed by atoms with E-state index >= 15 is 0 Å². The minimum atomic E-state index is -0.278. The first-order valence-electron chi connectivity index (χ1n) is 12.3. The molecule has 2 aromatic heterocycles. The molecule has 1 aliphatic rings. The molecule has 2 N–H and O–H groups in total. The summed E-state index contributed by atoms with van der Waals surface area (Å²) in [5.74, 6) is 0.346. The van der Waals surface area contributed by atoms with Gasteiger partial charge in [-0.3, -0.25) is 14.9 Å². The van der Waals surface area contributed by atoms with Gasteiger partial charge in [-0.2, -0.15) is 4.98 Å². The fraction of sp³-hybridized carbons (Fsp3) is 0.520. The highest BCUT2D eigenvalue weighted by Gasteiger charge is 2.25. The van der Waals surface area contributed by atoms with Gasteiger partial charge in [0.15, 0.2) is 5.65 Å². The minimum absolute atomic E-state index is 0.115. The van der Waals surface area contributed by atoms with Gasteiger partial charge in [-0.15, -0.1) is 0 Å². The predicted molar refractivity (Wildman–Crippen MR) is 146 cm³/mol. The maximum Gasteiger partial charge on any atom is 0.246 e. The van der Waals surface area contributed by atoms with Crippen molar-refractivity contribution in [2.75, 3.05) is 35.5 Å². The number of amides is 1. The maximum absolute atomic E-state index is 11.7. The number of alkyl halides is 1. The third-order valence-corrected chi connectivity index (χ3v) is 7.14. The van der Waals surface area contributed by atoms with E-state index in [1.165, 1.54) is 5.56 Å². The molecule has 1 saturated heterocycles. The van der Waals surface area contributed by atoms with Gasteiger partial charge in [-0.05, 0) is 58.3 Å². The number of benzene rings is 1. The summed E-state index contributed by atoms with van der Waals surface area (Å²) in [6.07, 6.45) is 3.36. The third-order valence-electron chi connectivity index (χ3n) is 6.66. The van der Waals surface area contributed by atoms with Gasteiger partial charge >= 0.3 is 0 Å². The molecule has 1 fully saturated rings. The van der Waals surface area contributed by atoms with Crippen molar-refractivity contribution in [3.63, 3.8) is 0 Å². The maximum atomic E-state index is 11.7. The van der Waals surface area contributed by atoms with Gasteiger partial charge in [0.2, 0.25) is 11.9 Å². The van der Waals surface area contributed by atoms with E-state index in [0.29, 0.717) is 0 Å². The van der Waals surface area contributed by atoms with Crippen molar-refractivity contribution < 1.29 is 10.0 Å². The van der Waals surface area contributed by atoms with E-state index in [1.807, 2.05) is 6.33 Å². The minimum Gasteiger partial charge on any atom is -0.340 e. The first-order valence-corrected chi connectivity index (χ1v) is 13.8. The highest BCUT2D eigenvalue weighted by Crippen LogP contribution is 2.30. The molecule has 1 aromatic carbocycles. The average Bonchev–Trinajstić information content (AvgIpc) is 3.31. The molecule has 0 unspecified atom stereocenters. The first kappa shape index (κ1) is 25.8. The average molecular weight is 591 g/mol. The standard InChI is InChI=1S/C25H34IN7O2/c1-4-32(13-10-26)25-28-21(22-23(29-25)33(16-27-22)17(2)3)20-7-5-6-18(14-20)15-31-11-8-19(9-12-31)24(34)30-35/h5-7,14,16-17,19,35H,4,8-13,15H2,1-3H3,(H,30,34). The van der Waals surface area contributed by atoms with Gasteiger partial charge in [0.25, 0.3) is 0 Å². The summed E-state index contributed by atoms with van der Waals surface area (Å²) in [6, 6.07) is 8.75. The van der Waals surface area contributed by atoms with Crippen molar-refractivity contribution >= 4 is 45.6 Å². The monoisotopic (exact) mass is 591 g/mol. The lowest BCUT2D eigenvalue weighted by Crippen LogP contribution is -2.39. The van der Waals surface area contributed by atoms with Crippen molar-refractivity contribution in [2.45, 2.75) is 46.2 Å². The van der Waals surface area contributed by atoms with Crippen molar-refractivity contribution in [1.82, 2.24) is 29.9 Å². The molecule has 1 amide bonds. The lowest BCUT2D eigenvalue weighted by atomic mass is 9.95. The van der Waals surface area contributed by atoms with E-state index in [9.17, 15) is 4.79 Å². The van der Waals surface area contributed by atoms with Crippen LogP contribution in [0.4, 0.5) is 5.95 Å². The smallest absolute Gasteiger partial charge is 0.246 e. The third kappa shape index (κ3) is 5.75. The SMILES string of the molecule is CCN(CCI)c1nc(-c2cccc(CN3CCC(C(=O)NO)CC3)c2)c2ncn(C(C)C)c2n1. The number of carbonyl (C=O) groups excluding carboxylic acids is 1. The van der Waals surface area contributed by atoms with Crippen LogP contribution in [0.25, 0.3) is 22.4 Å². The fourth-order valence-electron chi connectivity index (χ4n) is 4.65. The molecule has 35 heavy (non-hydrogen) atoms. The summed E-state index contributed by atoms with van der Waals surface area (Å²) < 4.78 is 3.11. The van der Waals surface area contributed by atoms with Gasteiger partial charge in [0, 0.05) is 41.6 Å². The van der Waals surface area contributed by atoms with Crippen molar-refractivity contribution in [3.8, 4) is 11.3 Å². The summed E-state index contributed by atoms with van der Waals surface area (Å²) in [6.45, 7) is 10.6. The highest BCUT2D eigenvalue weighted by molar-refractivity contribution is 14.1. The quantitative estimate of drug-likeness (QED) is 0.168. The second-order valence-electron chi connectivity index (χ2n) is 9.29. The van der Waals surface area contributed by atoms with E-state index < -0.39 is 0 Å². The number of piperidine rings is 1. The second-order valence-corrected chi connectivity index (χ2v) is 10.4. The van der Waals surface area contributed by atoms with E-state index in [1.54, 1.807) is 5.48 Å². The van der Waals surface area contributed by atoms with Gasteiger partial charge in [0.1, 0.15) is 11.2 Å². The van der Waals surface area contributed by atoms with E-state index in [4.69, 9.17) is 20.2 Å². The molecule has 188 valence electrons. The van der Waals surface area contributed by atoms with Gasteiger partial charge < -0.3 is 9.47 Å². The fourth-order valence-corrected chi connectivity index (χ4v) is 5.23. The van der Waals surface area contributed by atoms with Crippen LogP contribution in [0.1, 0.15) is 45.2 Å². The number of aromatic nitrogens is 4. The van der Waals surface area contributed by atoms with Crippen LogP contribution in [-0.4, -0.2) is 66.1 Å². The number of hydrogen-bond acceptors (Lipinski definition) is 7. The van der Waals surface area contributed by atoms with Gasteiger partial charge in [-0.25, -0.2) is 15.4 Å². The zero-order valence-corrected chi connectivity index (χ0v) is 22.8. The van der Waals surface area contributed by atoms with Crippen LogP contribution in [0, 0.1) is 5.92 Å². The van der Waals surface area contributed by atoms with Crippen LogP contribution < -0.4 is 10.4 Å². The number of halogens is 1. The summed E-state index contributed by atoms with van der Waals surface area (Å²) >= 11 is 2.39. The molecular formula is C25H34IN7O2. The molecule has 0 aliphatic carbocycles. The Balaban J connectivity index is 1.65. The Labute approximate surface area is 220 Å². The number of anilines is 1. The number of carbonyl (C=O) groups is 1. The Morgan fingerprint density at radius 1 is 1.29 bits per heavy atom. The molecule has 4 rings (SSSR count). The Bertz CT molecular complexity index is 1160. The Morgan fingerprint density at radius 2 is 2.06 bits per heavy atom. The van der Waals surface area contributed by atoms with E-state index in [2.05, 4.69) is 82.0 Å². The molecule has 0 atom stereocenters. The normalized spacial score (nSPS) is 15.1. The molecule has 0 radical (unpaired) electrons. The lowest BCUT2D eigenvalue weighted by molar-refractivity contribution is -0.134. The first-order chi connectivity index (χ1) is 16.9. The van der Waals surface area contributed by atoms with Crippen LogP contribution >= 0.6 is 22.6 Å². The van der Waals surface area contributed by atoms with Crippen LogP contribution in [0.15, 0.2) is 30.6 Å². The zero-order valence-electron chi connectivity index (χ0n) is 20.6. The number of fused-ring (bicyclic) bond motifs is 1. The molecule has 0 bridgehead atoms. The number of imidazole rings is 1.